The summed E-state index contributed by atoms with van der Waals surface area (Å²) in [6, 6.07) is 4.30. The fourth-order valence-corrected chi connectivity index (χ4v) is 4.76. The molecule has 3 heterocycles. The van der Waals surface area contributed by atoms with Crippen molar-refractivity contribution in [1.82, 2.24) is 14.9 Å². The van der Waals surface area contributed by atoms with Crippen LogP contribution in [-0.2, 0) is 9.47 Å². The Kier molecular flexibility index (Phi) is 6.43. The van der Waals surface area contributed by atoms with Crippen molar-refractivity contribution < 1.29 is 23.4 Å². The number of ether oxygens (including phenoxy) is 3. The van der Waals surface area contributed by atoms with Crippen molar-refractivity contribution in [3.63, 3.8) is 0 Å². The Bertz CT molecular complexity index is 1140. The van der Waals surface area contributed by atoms with E-state index < -0.39 is 5.82 Å². The topological polar surface area (TPSA) is 90.2 Å². The van der Waals surface area contributed by atoms with Gasteiger partial charge in [-0.25, -0.2) is 24.0 Å². The lowest BCUT2D eigenvalue weighted by Gasteiger charge is -2.46. The number of nitrogens with one attached hydrogen (secondary N) is 1. The highest BCUT2D eigenvalue weighted by atomic mass is 19.1. The summed E-state index contributed by atoms with van der Waals surface area (Å²) in [4.78, 5) is 26.3. The van der Waals surface area contributed by atoms with Crippen LogP contribution in [0.5, 0.6) is 5.88 Å². The fraction of sp³-hybridized carbons (Fsp3) is 0.520. The summed E-state index contributed by atoms with van der Waals surface area (Å²) in [5.41, 5.74) is 1.31. The third-order valence-corrected chi connectivity index (χ3v) is 6.51. The summed E-state index contributed by atoms with van der Waals surface area (Å²) in [6.07, 6.45) is 2.72. The van der Waals surface area contributed by atoms with Crippen LogP contribution in [0.2, 0.25) is 0 Å². The van der Waals surface area contributed by atoms with E-state index in [4.69, 9.17) is 20.8 Å². The Hall–Kier alpha value is -3.45. The van der Waals surface area contributed by atoms with E-state index in [0.717, 1.165) is 18.4 Å². The summed E-state index contributed by atoms with van der Waals surface area (Å²) in [5.74, 6) is 0.679. The summed E-state index contributed by atoms with van der Waals surface area (Å²) < 4.78 is 32.2. The van der Waals surface area contributed by atoms with Gasteiger partial charge in [-0.15, -0.1) is 0 Å². The van der Waals surface area contributed by atoms with Gasteiger partial charge < -0.3 is 24.4 Å². The third kappa shape index (κ3) is 5.00. The lowest BCUT2D eigenvalue weighted by molar-refractivity contribution is -0.111. The SMILES string of the molecule is [C-]#[N+]c1ccc(Nc2ncnc(OC3C4COCC3CN(C(=O)OC(C)C)C4)c2C2CC2)c(F)c1. The Morgan fingerprint density at radius 1 is 1.26 bits per heavy atom. The number of likely N-dealkylation sites (tertiary alicyclic amines) is 1. The number of aromatic nitrogens is 2. The van der Waals surface area contributed by atoms with Crippen LogP contribution >= 0.6 is 0 Å². The Morgan fingerprint density at radius 3 is 2.63 bits per heavy atom. The first kappa shape index (κ1) is 23.3. The van der Waals surface area contributed by atoms with Crippen molar-refractivity contribution >= 4 is 23.3 Å². The van der Waals surface area contributed by atoms with E-state index in [1.54, 1.807) is 11.0 Å². The number of piperidine rings is 1. The highest BCUT2D eigenvalue weighted by Crippen LogP contribution is 2.48. The Balaban J connectivity index is 1.37. The average molecular weight is 482 g/mol. The smallest absolute Gasteiger partial charge is 0.410 e. The maximum Gasteiger partial charge on any atom is 0.410 e. The molecule has 0 spiro atoms. The van der Waals surface area contributed by atoms with Crippen LogP contribution in [0.4, 0.5) is 26.4 Å². The summed E-state index contributed by atoms with van der Waals surface area (Å²) in [6.45, 7) is 12.7. The molecule has 1 amide bonds. The second kappa shape index (κ2) is 9.66. The number of fused-ring (bicyclic) bond motifs is 2. The molecule has 2 aromatic rings. The molecular weight excluding hydrogens is 453 g/mol. The first-order chi connectivity index (χ1) is 16.9. The van der Waals surface area contributed by atoms with E-state index in [-0.39, 0.29) is 47.4 Å². The van der Waals surface area contributed by atoms with Gasteiger partial charge in [-0.2, -0.15) is 0 Å². The quantitative estimate of drug-likeness (QED) is 0.600. The molecule has 35 heavy (non-hydrogen) atoms. The van der Waals surface area contributed by atoms with Crippen LogP contribution < -0.4 is 10.1 Å². The molecule has 2 aliphatic heterocycles. The Morgan fingerprint density at radius 2 is 2.00 bits per heavy atom. The molecule has 1 N–H and O–H groups in total. The summed E-state index contributed by atoms with van der Waals surface area (Å²) in [5, 5.41) is 3.08. The van der Waals surface area contributed by atoms with Gasteiger partial charge in [0.25, 0.3) is 0 Å². The lowest BCUT2D eigenvalue weighted by Crippen LogP contribution is -2.59. The maximum absolute atomic E-state index is 14.5. The van der Waals surface area contributed by atoms with Gasteiger partial charge in [0.1, 0.15) is 24.1 Å². The lowest BCUT2D eigenvalue weighted by atomic mass is 9.84. The highest BCUT2D eigenvalue weighted by Gasteiger charge is 2.45. The van der Waals surface area contributed by atoms with Crippen LogP contribution in [0.1, 0.15) is 38.2 Å². The summed E-state index contributed by atoms with van der Waals surface area (Å²) in [7, 11) is 0. The molecule has 2 saturated heterocycles. The van der Waals surface area contributed by atoms with E-state index in [9.17, 15) is 9.18 Å². The number of nitrogens with zero attached hydrogens (tertiary/aromatic N) is 4. The van der Waals surface area contributed by atoms with E-state index in [1.807, 2.05) is 13.8 Å². The van der Waals surface area contributed by atoms with Crippen molar-refractivity contribution in [3.05, 3.63) is 47.3 Å². The molecule has 1 saturated carbocycles. The van der Waals surface area contributed by atoms with Gasteiger partial charge in [-0.3, -0.25) is 0 Å². The fourth-order valence-electron chi connectivity index (χ4n) is 4.76. The van der Waals surface area contributed by atoms with Crippen molar-refractivity contribution in [2.75, 3.05) is 31.6 Å². The molecule has 3 fully saturated rings. The predicted octanol–water partition coefficient (Wildman–Crippen LogP) is 4.66. The second-order valence-electron chi connectivity index (χ2n) is 9.59. The maximum atomic E-state index is 14.5. The zero-order chi connectivity index (χ0) is 24.5. The van der Waals surface area contributed by atoms with Crippen molar-refractivity contribution in [2.45, 2.75) is 44.8 Å². The minimum absolute atomic E-state index is 0.0146. The molecule has 1 aromatic heterocycles. The van der Waals surface area contributed by atoms with Gasteiger partial charge in [0, 0.05) is 24.9 Å². The molecule has 3 aliphatic rings. The molecule has 1 aliphatic carbocycles. The van der Waals surface area contributed by atoms with Gasteiger partial charge in [-0.1, -0.05) is 6.07 Å². The van der Waals surface area contributed by atoms with Crippen LogP contribution in [0.3, 0.4) is 0 Å². The number of halogens is 1. The predicted molar refractivity (Wildman–Crippen MR) is 125 cm³/mol. The first-order valence-electron chi connectivity index (χ1n) is 11.9. The zero-order valence-corrected chi connectivity index (χ0v) is 19.7. The molecule has 2 atom stereocenters. The number of carbonyl (C=O) groups is 1. The first-order valence-corrected chi connectivity index (χ1v) is 11.9. The average Bonchev–Trinajstić information content (AvgIpc) is 3.65. The minimum atomic E-state index is -0.520. The van der Waals surface area contributed by atoms with Crippen molar-refractivity contribution in [1.29, 1.82) is 0 Å². The third-order valence-electron chi connectivity index (χ3n) is 6.51. The molecule has 10 heteroatoms. The van der Waals surface area contributed by atoms with Crippen LogP contribution in [0.25, 0.3) is 4.85 Å². The molecule has 2 bridgehead atoms. The van der Waals surface area contributed by atoms with Gasteiger partial charge >= 0.3 is 6.09 Å². The number of anilines is 2. The number of amides is 1. The molecule has 0 radical (unpaired) electrons. The van der Waals surface area contributed by atoms with Gasteiger partial charge in [-0.05, 0) is 44.7 Å². The monoisotopic (exact) mass is 481 g/mol. The molecular formula is C25H28FN5O4. The second-order valence-corrected chi connectivity index (χ2v) is 9.59. The summed E-state index contributed by atoms with van der Waals surface area (Å²) >= 11 is 0. The van der Waals surface area contributed by atoms with Gasteiger partial charge in [0.15, 0.2) is 5.69 Å². The van der Waals surface area contributed by atoms with E-state index in [2.05, 4.69) is 20.1 Å². The van der Waals surface area contributed by atoms with E-state index in [0.29, 0.717) is 38.0 Å². The van der Waals surface area contributed by atoms with Crippen molar-refractivity contribution in [2.24, 2.45) is 11.8 Å². The van der Waals surface area contributed by atoms with E-state index >= 15 is 0 Å². The normalized spacial score (nSPS) is 23.5. The van der Waals surface area contributed by atoms with E-state index in [1.165, 1.54) is 18.5 Å². The molecule has 2 unspecified atom stereocenters. The molecule has 9 nitrogen and oxygen atoms in total. The number of hydrogen-bond acceptors (Lipinski definition) is 7. The molecule has 1 aromatic carbocycles. The minimum Gasteiger partial charge on any atom is -0.473 e. The number of rotatable bonds is 6. The standard InChI is InChI=1S/C25H28FN5O4/c1-14(2)34-25(32)31-9-16-11-33-12-17(10-31)22(16)35-24-21(15-4-5-15)23(28-13-29-24)30-20-7-6-18(27-3)8-19(20)26/h6-8,13-17,22H,4-5,9-12H2,1-2H3,(H,28,29,30). The zero-order valence-electron chi connectivity index (χ0n) is 19.7. The molecule has 184 valence electrons. The van der Waals surface area contributed by atoms with Gasteiger partial charge in [0.05, 0.1) is 37.1 Å². The van der Waals surface area contributed by atoms with Crippen LogP contribution in [0, 0.1) is 24.2 Å². The van der Waals surface area contributed by atoms with Gasteiger partial charge in [0.2, 0.25) is 5.88 Å². The van der Waals surface area contributed by atoms with Crippen LogP contribution in [-0.4, -0.2) is 59.5 Å². The highest BCUT2D eigenvalue weighted by molar-refractivity contribution is 5.68. The van der Waals surface area contributed by atoms with Crippen molar-refractivity contribution in [3.8, 4) is 5.88 Å². The largest absolute Gasteiger partial charge is 0.473 e. The Labute approximate surface area is 203 Å². The molecule has 5 rings (SSSR count). The number of benzene rings is 1. The number of carbonyl (C=O) groups excluding carboxylic acids is 1. The number of hydrogen-bond donors (Lipinski definition) is 1. The van der Waals surface area contributed by atoms with Crippen LogP contribution in [0.15, 0.2) is 24.5 Å².